The van der Waals surface area contributed by atoms with Crippen LogP contribution < -0.4 is 5.73 Å². The average Bonchev–Trinajstić information content (AvgIpc) is 2.32. The van der Waals surface area contributed by atoms with Crippen molar-refractivity contribution in [3.63, 3.8) is 0 Å². The van der Waals surface area contributed by atoms with E-state index in [1.807, 2.05) is 0 Å². The van der Waals surface area contributed by atoms with Crippen molar-refractivity contribution in [3.8, 4) is 0 Å². The summed E-state index contributed by atoms with van der Waals surface area (Å²) in [5, 5.41) is 0. The van der Waals surface area contributed by atoms with Gasteiger partial charge in [-0.25, -0.2) is 0 Å². The van der Waals surface area contributed by atoms with E-state index in [1.54, 1.807) is 0 Å². The molecule has 0 aromatic rings. The lowest BCUT2D eigenvalue weighted by molar-refractivity contribution is -0.0629. The second kappa shape index (κ2) is 5.60. The average molecular weight is 282 g/mol. The van der Waals surface area contributed by atoms with Crippen LogP contribution >= 0.6 is 11.8 Å². The standard InChI is InChI=1S/C17H31NS/c1-12(2)3-4-19-11-16(18)17-8-13-5-14(9-17)7-15(6-13)10-17/h12-16H,3-11,18H2,1-2H3. The third-order valence-electron chi connectivity index (χ3n) is 6.01. The van der Waals surface area contributed by atoms with E-state index >= 15 is 0 Å². The molecule has 4 fully saturated rings. The summed E-state index contributed by atoms with van der Waals surface area (Å²) in [6.07, 6.45) is 10.3. The molecule has 2 N–H and O–H groups in total. The summed E-state index contributed by atoms with van der Waals surface area (Å²) < 4.78 is 0. The van der Waals surface area contributed by atoms with E-state index in [0.29, 0.717) is 11.5 Å². The predicted octanol–water partition coefficient (Wildman–Crippen LogP) is 4.31. The fraction of sp³-hybridized carbons (Fsp3) is 1.00. The van der Waals surface area contributed by atoms with Crippen LogP contribution in [0.4, 0.5) is 0 Å². The van der Waals surface area contributed by atoms with Crippen LogP contribution in [0.25, 0.3) is 0 Å². The quantitative estimate of drug-likeness (QED) is 0.734. The van der Waals surface area contributed by atoms with E-state index in [1.165, 1.54) is 56.5 Å². The molecule has 1 nitrogen and oxygen atoms in total. The highest BCUT2D eigenvalue weighted by Gasteiger charge is 2.53. The summed E-state index contributed by atoms with van der Waals surface area (Å²) in [7, 11) is 0. The largest absolute Gasteiger partial charge is 0.326 e. The number of thioether (sulfide) groups is 1. The van der Waals surface area contributed by atoms with Crippen molar-refractivity contribution in [1.82, 2.24) is 0 Å². The van der Waals surface area contributed by atoms with Crippen LogP contribution in [-0.2, 0) is 0 Å². The second-order valence-corrected chi connectivity index (χ2v) is 9.29. The van der Waals surface area contributed by atoms with Gasteiger partial charge in [0.2, 0.25) is 0 Å². The van der Waals surface area contributed by atoms with Crippen LogP contribution in [0.1, 0.15) is 58.8 Å². The van der Waals surface area contributed by atoms with Crippen LogP contribution in [0.15, 0.2) is 0 Å². The molecule has 0 radical (unpaired) electrons. The lowest BCUT2D eigenvalue weighted by Gasteiger charge is -2.59. The van der Waals surface area contributed by atoms with Crippen molar-refractivity contribution in [2.24, 2.45) is 34.8 Å². The molecule has 0 heterocycles. The molecule has 4 aliphatic rings. The summed E-state index contributed by atoms with van der Waals surface area (Å²) in [5.74, 6) is 6.47. The van der Waals surface area contributed by atoms with E-state index in [0.717, 1.165) is 23.7 Å². The Morgan fingerprint density at radius 1 is 1.05 bits per heavy atom. The van der Waals surface area contributed by atoms with Gasteiger partial charge in [-0.15, -0.1) is 0 Å². The molecule has 0 aromatic heterocycles. The van der Waals surface area contributed by atoms with E-state index in [2.05, 4.69) is 25.6 Å². The molecule has 4 saturated carbocycles. The predicted molar refractivity (Wildman–Crippen MR) is 85.4 cm³/mol. The van der Waals surface area contributed by atoms with Crippen LogP contribution in [-0.4, -0.2) is 17.5 Å². The van der Waals surface area contributed by atoms with Crippen LogP contribution in [0.2, 0.25) is 0 Å². The van der Waals surface area contributed by atoms with Gasteiger partial charge in [0.05, 0.1) is 0 Å². The van der Waals surface area contributed by atoms with Gasteiger partial charge in [0.15, 0.2) is 0 Å². The zero-order valence-corrected chi connectivity index (χ0v) is 13.6. The molecule has 0 saturated heterocycles. The maximum Gasteiger partial charge on any atom is 0.0187 e. The van der Waals surface area contributed by atoms with Gasteiger partial charge in [0.1, 0.15) is 0 Å². The topological polar surface area (TPSA) is 26.0 Å². The van der Waals surface area contributed by atoms with Crippen molar-refractivity contribution in [2.45, 2.75) is 64.8 Å². The fourth-order valence-corrected chi connectivity index (χ4v) is 6.75. The molecule has 0 spiro atoms. The normalized spacial score (nSPS) is 42.0. The molecule has 110 valence electrons. The van der Waals surface area contributed by atoms with Gasteiger partial charge >= 0.3 is 0 Å². The Morgan fingerprint density at radius 3 is 2.05 bits per heavy atom. The highest BCUT2D eigenvalue weighted by Crippen LogP contribution is 2.61. The Balaban J connectivity index is 1.53. The fourth-order valence-electron chi connectivity index (χ4n) is 5.34. The van der Waals surface area contributed by atoms with Gasteiger partial charge in [0, 0.05) is 11.8 Å². The molecule has 1 atom stereocenters. The van der Waals surface area contributed by atoms with Crippen molar-refractivity contribution in [3.05, 3.63) is 0 Å². The van der Waals surface area contributed by atoms with E-state index in [4.69, 9.17) is 5.73 Å². The lowest BCUT2D eigenvalue weighted by Crippen LogP contribution is -2.55. The Bertz CT molecular complexity index is 277. The Labute approximate surface area is 123 Å². The van der Waals surface area contributed by atoms with Crippen LogP contribution in [0, 0.1) is 29.1 Å². The minimum atomic E-state index is 0.470. The molecule has 0 aliphatic heterocycles. The maximum absolute atomic E-state index is 6.67. The highest BCUT2D eigenvalue weighted by atomic mass is 32.2. The van der Waals surface area contributed by atoms with Gasteiger partial charge < -0.3 is 5.73 Å². The summed E-state index contributed by atoms with van der Waals surface area (Å²) in [6, 6.07) is 0.470. The van der Waals surface area contributed by atoms with Gasteiger partial charge in [-0.1, -0.05) is 13.8 Å². The molecular formula is C17H31NS. The zero-order valence-electron chi connectivity index (χ0n) is 12.7. The number of hydrogen-bond donors (Lipinski definition) is 1. The molecule has 4 aliphatic carbocycles. The molecule has 0 aromatic carbocycles. The van der Waals surface area contributed by atoms with Gasteiger partial charge in [-0.05, 0) is 79.8 Å². The second-order valence-electron chi connectivity index (χ2n) is 8.14. The molecule has 1 unspecified atom stereocenters. The molecule has 2 heteroatoms. The summed E-state index contributed by atoms with van der Waals surface area (Å²) in [4.78, 5) is 0. The SMILES string of the molecule is CC(C)CCSCC(N)C12CC3CC(CC(C3)C1)C2. The molecular weight excluding hydrogens is 250 g/mol. The van der Waals surface area contributed by atoms with Crippen molar-refractivity contribution >= 4 is 11.8 Å². The Kier molecular flexibility index (Phi) is 4.20. The molecule has 4 rings (SSSR count). The third-order valence-corrected chi connectivity index (χ3v) is 7.13. The third kappa shape index (κ3) is 3.00. The molecule has 19 heavy (non-hydrogen) atoms. The first kappa shape index (κ1) is 14.3. The van der Waals surface area contributed by atoms with E-state index in [-0.39, 0.29) is 0 Å². The number of rotatable bonds is 6. The molecule has 0 amide bonds. The van der Waals surface area contributed by atoms with Crippen molar-refractivity contribution < 1.29 is 0 Å². The van der Waals surface area contributed by atoms with Gasteiger partial charge in [0.25, 0.3) is 0 Å². The summed E-state index contributed by atoms with van der Waals surface area (Å²) in [5.41, 5.74) is 7.22. The van der Waals surface area contributed by atoms with Crippen LogP contribution in [0.3, 0.4) is 0 Å². The minimum Gasteiger partial charge on any atom is -0.326 e. The zero-order chi connectivity index (χ0) is 13.5. The van der Waals surface area contributed by atoms with Crippen molar-refractivity contribution in [2.75, 3.05) is 11.5 Å². The first-order valence-electron chi connectivity index (χ1n) is 8.41. The summed E-state index contributed by atoms with van der Waals surface area (Å²) in [6.45, 7) is 4.64. The minimum absolute atomic E-state index is 0.470. The Hall–Kier alpha value is 0.310. The number of hydrogen-bond acceptors (Lipinski definition) is 2. The monoisotopic (exact) mass is 281 g/mol. The van der Waals surface area contributed by atoms with Gasteiger partial charge in [-0.2, -0.15) is 11.8 Å². The van der Waals surface area contributed by atoms with E-state index < -0.39 is 0 Å². The van der Waals surface area contributed by atoms with E-state index in [9.17, 15) is 0 Å². The molecule has 4 bridgehead atoms. The lowest BCUT2D eigenvalue weighted by atomic mass is 9.48. The maximum atomic E-state index is 6.67. The smallest absolute Gasteiger partial charge is 0.0187 e. The van der Waals surface area contributed by atoms with Crippen molar-refractivity contribution in [1.29, 1.82) is 0 Å². The van der Waals surface area contributed by atoms with Crippen LogP contribution in [0.5, 0.6) is 0 Å². The summed E-state index contributed by atoms with van der Waals surface area (Å²) >= 11 is 2.11. The number of nitrogens with two attached hydrogens (primary N) is 1. The highest BCUT2D eigenvalue weighted by molar-refractivity contribution is 7.99. The first-order valence-corrected chi connectivity index (χ1v) is 9.56. The Morgan fingerprint density at radius 2 is 1.58 bits per heavy atom. The van der Waals surface area contributed by atoms with Gasteiger partial charge in [-0.3, -0.25) is 0 Å². The first-order chi connectivity index (χ1) is 9.07.